The smallest absolute Gasteiger partial charge is 0.115 e. The highest BCUT2D eigenvalue weighted by atomic mass is 35.5. The second kappa shape index (κ2) is 9.71. The van der Waals surface area contributed by atoms with Crippen LogP contribution in [0.3, 0.4) is 0 Å². The number of phenolic OH excluding ortho intramolecular Hbond substituents is 1. The van der Waals surface area contributed by atoms with Gasteiger partial charge >= 0.3 is 0 Å². The molecule has 2 aromatic rings. The molecule has 1 N–H and O–H groups in total. The fourth-order valence-electron chi connectivity index (χ4n) is 3.53. The molecule has 0 bridgehead atoms. The predicted octanol–water partition coefficient (Wildman–Crippen LogP) is 4.70. The fourth-order valence-corrected chi connectivity index (χ4v) is 3.53. The number of aryl methyl sites for hydroxylation is 1. The molecule has 1 fully saturated rings. The van der Waals surface area contributed by atoms with Gasteiger partial charge in [-0.05, 0) is 80.9 Å². The highest BCUT2D eigenvalue weighted by molar-refractivity contribution is 5.85. The minimum atomic E-state index is 0. The van der Waals surface area contributed by atoms with E-state index in [1.807, 2.05) is 12.1 Å². The molecular formula is C21H28ClNO. The zero-order valence-corrected chi connectivity index (χ0v) is 15.0. The largest absolute Gasteiger partial charge is 0.508 e. The van der Waals surface area contributed by atoms with E-state index >= 15 is 0 Å². The van der Waals surface area contributed by atoms with Gasteiger partial charge < -0.3 is 10.0 Å². The van der Waals surface area contributed by atoms with Gasteiger partial charge in [0.1, 0.15) is 5.75 Å². The van der Waals surface area contributed by atoms with Crippen LogP contribution in [-0.2, 0) is 12.8 Å². The van der Waals surface area contributed by atoms with E-state index in [1.54, 1.807) is 12.1 Å². The summed E-state index contributed by atoms with van der Waals surface area (Å²) in [5.74, 6) is 1.21. The van der Waals surface area contributed by atoms with Gasteiger partial charge in [-0.2, -0.15) is 0 Å². The highest BCUT2D eigenvalue weighted by Crippen LogP contribution is 2.22. The minimum Gasteiger partial charge on any atom is -0.508 e. The zero-order chi connectivity index (χ0) is 15.9. The molecule has 0 aliphatic carbocycles. The third-order valence-electron chi connectivity index (χ3n) is 4.95. The maximum Gasteiger partial charge on any atom is 0.115 e. The Bertz CT molecular complexity index is 577. The molecule has 0 radical (unpaired) electrons. The van der Waals surface area contributed by atoms with Crippen LogP contribution in [0.5, 0.6) is 5.75 Å². The number of phenols is 1. The molecule has 130 valence electrons. The lowest BCUT2D eigenvalue weighted by Gasteiger charge is -2.32. The molecule has 1 aliphatic rings. The van der Waals surface area contributed by atoms with Crippen molar-refractivity contribution in [2.75, 3.05) is 19.6 Å². The van der Waals surface area contributed by atoms with Gasteiger partial charge in [0.25, 0.3) is 0 Å². The molecule has 0 amide bonds. The first-order chi connectivity index (χ1) is 11.3. The molecule has 1 heterocycles. The lowest BCUT2D eigenvalue weighted by Crippen LogP contribution is -2.35. The van der Waals surface area contributed by atoms with E-state index in [2.05, 4.69) is 35.2 Å². The lowest BCUT2D eigenvalue weighted by atomic mass is 9.90. The van der Waals surface area contributed by atoms with Crippen molar-refractivity contribution in [1.29, 1.82) is 0 Å². The van der Waals surface area contributed by atoms with Gasteiger partial charge in [0.2, 0.25) is 0 Å². The summed E-state index contributed by atoms with van der Waals surface area (Å²) >= 11 is 0. The molecule has 3 rings (SSSR count). The third kappa shape index (κ3) is 5.85. The Balaban J connectivity index is 0.00000208. The van der Waals surface area contributed by atoms with Crippen LogP contribution in [0.4, 0.5) is 0 Å². The van der Waals surface area contributed by atoms with Crippen LogP contribution in [0.25, 0.3) is 0 Å². The van der Waals surface area contributed by atoms with Gasteiger partial charge in [-0.25, -0.2) is 0 Å². The van der Waals surface area contributed by atoms with Gasteiger partial charge in [0, 0.05) is 0 Å². The summed E-state index contributed by atoms with van der Waals surface area (Å²) in [5, 5.41) is 9.31. The van der Waals surface area contributed by atoms with Gasteiger partial charge in [0.05, 0.1) is 0 Å². The maximum atomic E-state index is 9.31. The van der Waals surface area contributed by atoms with Crippen molar-refractivity contribution in [2.45, 2.75) is 32.1 Å². The molecule has 2 nitrogen and oxygen atoms in total. The Kier molecular flexibility index (Phi) is 7.61. The van der Waals surface area contributed by atoms with E-state index in [9.17, 15) is 5.11 Å². The third-order valence-corrected chi connectivity index (χ3v) is 4.95. The van der Waals surface area contributed by atoms with Crippen molar-refractivity contribution >= 4 is 12.4 Å². The monoisotopic (exact) mass is 345 g/mol. The van der Waals surface area contributed by atoms with Crippen molar-refractivity contribution in [1.82, 2.24) is 4.90 Å². The summed E-state index contributed by atoms with van der Waals surface area (Å²) in [7, 11) is 0. The van der Waals surface area contributed by atoms with E-state index in [1.165, 1.54) is 56.4 Å². The summed E-state index contributed by atoms with van der Waals surface area (Å²) in [6.07, 6.45) is 6.20. The van der Waals surface area contributed by atoms with Crippen LogP contribution in [0, 0.1) is 5.92 Å². The Labute approximate surface area is 151 Å². The molecule has 24 heavy (non-hydrogen) atoms. The predicted molar refractivity (Wildman–Crippen MR) is 103 cm³/mol. The van der Waals surface area contributed by atoms with Gasteiger partial charge in [-0.1, -0.05) is 42.5 Å². The highest BCUT2D eigenvalue weighted by Gasteiger charge is 2.18. The molecular weight excluding hydrogens is 318 g/mol. The molecule has 0 aromatic heterocycles. The molecule has 1 saturated heterocycles. The maximum absolute atomic E-state index is 9.31. The lowest BCUT2D eigenvalue weighted by molar-refractivity contribution is 0.182. The van der Waals surface area contributed by atoms with Crippen molar-refractivity contribution in [3.8, 4) is 5.75 Å². The second-order valence-electron chi connectivity index (χ2n) is 6.74. The number of rotatable bonds is 6. The van der Waals surface area contributed by atoms with E-state index in [-0.39, 0.29) is 12.4 Å². The molecule has 2 aromatic carbocycles. The molecule has 1 aliphatic heterocycles. The standard InChI is InChI=1S/C21H27NO.ClH/c23-21-10-8-18(9-11-21)7-4-14-22-15-12-20(13-16-22)17-19-5-2-1-3-6-19;/h1-3,5-6,8-11,20,23H,4,7,12-17H2;1H. The van der Waals surface area contributed by atoms with Crippen molar-refractivity contribution < 1.29 is 5.11 Å². The summed E-state index contributed by atoms with van der Waals surface area (Å²) in [4.78, 5) is 2.61. The van der Waals surface area contributed by atoms with E-state index in [0.717, 1.165) is 12.3 Å². The SMILES string of the molecule is Cl.Oc1ccc(CCCN2CCC(Cc3ccccc3)CC2)cc1. The first-order valence-corrected chi connectivity index (χ1v) is 8.84. The average molecular weight is 346 g/mol. The first kappa shape index (κ1) is 18.8. The normalized spacial score (nSPS) is 15.8. The van der Waals surface area contributed by atoms with Crippen molar-refractivity contribution in [3.63, 3.8) is 0 Å². The summed E-state index contributed by atoms with van der Waals surface area (Å²) < 4.78 is 0. The van der Waals surface area contributed by atoms with Crippen LogP contribution in [0.1, 0.15) is 30.4 Å². The van der Waals surface area contributed by atoms with Gasteiger partial charge in [-0.15, -0.1) is 12.4 Å². The molecule has 0 spiro atoms. The Morgan fingerprint density at radius 2 is 1.54 bits per heavy atom. The first-order valence-electron chi connectivity index (χ1n) is 8.84. The van der Waals surface area contributed by atoms with Crippen LogP contribution < -0.4 is 0 Å². The number of hydrogen-bond donors (Lipinski definition) is 1. The van der Waals surface area contributed by atoms with Gasteiger partial charge in [0.15, 0.2) is 0 Å². The number of halogens is 1. The summed E-state index contributed by atoms with van der Waals surface area (Å²) in [6.45, 7) is 3.68. The quantitative estimate of drug-likeness (QED) is 0.820. The summed E-state index contributed by atoms with van der Waals surface area (Å²) in [6, 6.07) is 18.5. The number of aromatic hydroxyl groups is 1. The Morgan fingerprint density at radius 1 is 0.875 bits per heavy atom. The zero-order valence-electron chi connectivity index (χ0n) is 14.2. The van der Waals surface area contributed by atoms with E-state index in [4.69, 9.17) is 0 Å². The Morgan fingerprint density at radius 3 is 2.21 bits per heavy atom. The molecule has 3 heteroatoms. The second-order valence-corrected chi connectivity index (χ2v) is 6.74. The van der Waals surface area contributed by atoms with Crippen molar-refractivity contribution in [2.24, 2.45) is 5.92 Å². The topological polar surface area (TPSA) is 23.5 Å². The van der Waals surface area contributed by atoms with E-state index in [0.29, 0.717) is 5.75 Å². The molecule has 0 saturated carbocycles. The number of benzene rings is 2. The van der Waals surface area contributed by atoms with Gasteiger partial charge in [-0.3, -0.25) is 0 Å². The molecule has 0 atom stereocenters. The summed E-state index contributed by atoms with van der Waals surface area (Å²) in [5.41, 5.74) is 2.81. The number of likely N-dealkylation sites (tertiary alicyclic amines) is 1. The van der Waals surface area contributed by atoms with Crippen LogP contribution in [-0.4, -0.2) is 29.6 Å². The van der Waals surface area contributed by atoms with Crippen LogP contribution >= 0.6 is 12.4 Å². The minimum absolute atomic E-state index is 0. The number of nitrogens with zero attached hydrogens (tertiary/aromatic N) is 1. The van der Waals surface area contributed by atoms with Crippen molar-refractivity contribution in [3.05, 3.63) is 65.7 Å². The Hall–Kier alpha value is -1.51. The average Bonchev–Trinajstić information content (AvgIpc) is 2.59. The van der Waals surface area contributed by atoms with Crippen LogP contribution in [0.2, 0.25) is 0 Å². The fraction of sp³-hybridized carbons (Fsp3) is 0.429. The van der Waals surface area contributed by atoms with Crippen LogP contribution in [0.15, 0.2) is 54.6 Å². The molecule has 0 unspecified atom stereocenters. The number of hydrogen-bond acceptors (Lipinski definition) is 2. The van der Waals surface area contributed by atoms with E-state index < -0.39 is 0 Å². The number of piperidine rings is 1.